The Kier molecular flexibility index (Phi) is 5.88. The molecule has 2 aliphatic rings. The van der Waals surface area contributed by atoms with Gasteiger partial charge in [0, 0.05) is 38.3 Å². The van der Waals surface area contributed by atoms with Crippen LogP contribution in [0.15, 0.2) is 60.7 Å². The number of piperazine rings is 1. The van der Waals surface area contributed by atoms with E-state index in [4.69, 9.17) is 4.74 Å². The zero-order valence-electron chi connectivity index (χ0n) is 17.1. The van der Waals surface area contributed by atoms with Crippen molar-refractivity contribution in [3.63, 3.8) is 0 Å². The minimum Gasteiger partial charge on any atom is -0.497 e. The van der Waals surface area contributed by atoms with E-state index in [2.05, 4.69) is 22.5 Å². The third kappa shape index (κ3) is 4.40. The maximum Gasteiger partial charge on any atom is 0.245 e. The van der Waals surface area contributed by atoms with Gasteiger partial charge in [0.1, 0.15) is 12.3 Å². The smallest absolute Gasteiger partial charge is 0.245 e. The Morgan fingerprint density at radius 1 is 1.00 bits per heavy atom. The predicted octanol–water partition coefficient (Wildman–Crippen LogP) is 2.12. The molecule has 0 aromatic heterocycles. The molecule has 0 radical (unpaired) electrons. The number of amides is 2. The van der Waals surface area contributed by atoms with E-state index < -0.39 is 0 Å². The molecule has 1 N–H and O–H groups in total. The first-order chi connectivity index (χ1) is 14.6. The molecular formula is C23H26N4O3. The van der Waals surface area contributed by atoms with Gasteiger partial charge in [-0.25, -0.2) is 5.01 Å². The molecular weight excluding hydrogens is 380 g/mol. The lowest BCUT2D eigenvalue weighted by molar-refractivity contribution is -0.142. The molecule has 0 unspecified atom stereocenters. The van der Waals surface area contributed by atoms with Gasteiger partial charge in [0.25, 0.3) is 0 Å². The molecule has 7 heteroatoms. The molecule has 156 valence electrons. The van der Waals surface area contributed by atoms with Crippen LogP contribution in [0, 0.1) is 0 Å². The number of anilines is 1. The first-order valence-corrected chi connectivity index (χ1v) is 10.1. The summed E-state index contributed by atoms with van der Waals surface area (Å²) in [7, 11) is 1.62. The molecule has 7 nitrogen and oxygen atoms in total. The number of benzene rings is 2. The van der Waals surface area contributed by atoms with Gasteiger partial charge in [-0.05, 0) is 48.0 Å². The highest BCUT2D eigenvalue weighted by atomic mass is 16.5. The van der Waals surface area contributed by atoms with Crippen molar-refractivity contribution < 1.29 is 14.3 Å². The van der Waals surface area contributed by atoms with Gasteiger partial charge < -0.3 is 14.5 Å². The summed E-state index contributed by atoms with van der Waals surface area (Å²) in [6.07, 6.45) is 2.12. The number of hydrazine groups is 1. The topological polar surface area (TPSA) is 65.1 Å². The van der Waals surface area contributed by atoms with Gasteiger partial charge in [-0.15, -0.1) is 0 Å². The number of hydrogen-bond donors (Lipinski definition) is 1. The average molecular weight is 406 g/mol. The lowest BCUT2D eigenvalue weighted by Gasteiger charge is -2.37. The summed E-state index contributed by atoms with van der Waals surface area (Å²) in [5.74, 6) is 0.621. The van der Waals surface area contributed by atoms with Crippen molar-refractivity contribution in [1.29, 1.82) is 0 Å². The second-order valence-electron chi connectivity index (χ2n) is 7.35. The van der Waals surface area contributed by atoms with Gasteiger partial charge in [0.15, 0.2) is 0 Å². The van der Waals surface area contributed by atoms with E-state index in [1.165, 1.54) is 10.7 Å². The Morgan fingerprint density at radius 3 is 2.37 bits per heavy atom. The first-order valence-electron chi connectivity index (χ1n) is 10.1. The monoisotopic (exact) mass is 406 g/mol. The summed E-state index contributed by atoms with van der Waals surface area (Å²) in [4.78, 5) is 29.3. The highest BCUT2D eigenvalue weighted by molar-refractivity contribution is 5.88. The van der Waals surface area contributed by atoms with E-state index in [1.807, 2.05) is 53.4 Å². The SMILES string of the molecule is COc1ccc(C2=CCC(=O)N(CC(=O)N3CCN(c4ccccc4)CC3)N2)cc1. The average Bonchev–Trinajstić information content (AvgIpc) is 2.81. The first kappa shape index (κ1) is 19.8. The van der Waals surface area contributed by atoms with Crippen LogP contribution in [0.5, 0.6) is 5.75 Å². The van der Waals surface area contributed by atoms with Crippen LogP contribution < -0.4 is 15.1 Å². The van der Waals surface area contributed by atoms with Crippen molar-refractivity contribution in [3.8, 4) is 5.75 Å². The number of nitrogens with one attached hydrogen (secondary N) is 1. The quantitative estimate of drug-likeness (QED) is 0.824. The standard InChI is InChI=1S/C23H26N4O3/c1-30-20-9-7-18(8-10-20)21-11-12-22(28)27(24-21)17-23(29)26-15-13-25(14-16-26)19-5-3-2-4-6-19/h2-11,24H,12-17H2,1H3. The van der Waals surface area contributed by atoms with Crippen LogP contribution in [-0.4, -0.2) is 61.6 Å². The molecule has 2 aromatic rings. The normalized spacial score (nSPS) is 16.8. The number of rotatable bonds is 5. The summed E-state index contributed by atoms with van der Waals surface area (Å²) < 4.78 is 5.19. The van der Waals surface area contributed by atoms with E-state index in [-0.39, 0.29) is 24.8 Å². The van der Waals surface area contributed by atoms with E-state index in [9.17, 15) is 9.59 Å². The maximum atomic E-state index is 12.8. The fourth-order valence-electron chi connectivity index (χ4n) is 3.72. The van der Waals surface area contributed by atoms with Gasteiger partial charge in [0.05, 0.1) is 12.8 Å². The number of para-hydroxylation sites is 1. The molecule has 2 amide bonds. The third-order valence-electron chi connectivity index (χ3n) is 5.49. The van der Waals surface area contributed by atoms with E-state index in [0.29, 0.717) is 13.1 Å². The Morgan fingerprint density at radius 2 is 1.70 bits per heavy atom. The minimum atomic E-state index is -0.108. The molecule has 30 heavy (non-hydrogen) atoms. The zero-order chi connectivity index (χ0) is 20.9. The van der Waals surface area contributed by atoms with Crippen LogP contribution in [-0.2, 0) is 9.59 Å². The summed E-state index contributed by atoms with van der Waals surface area (Å²) in [5, 5.41) is 1.42. The molecule has 0 aliphatic carbocycles. The third-order valence-corrected chi connectivity index (χ3v) is 5.49. The Hall–Kier alpha value is -3.48. The lowest BCUT2D eigenvalue weighted by atomic mass is 10.1. The molecule has 0 bridgehead atoms. The fraction of sp³-hybridized carbons (Fsp3) is 0.304. The van der Waals surface area contributed by atoms with Gasteiger partial charge >= 0.3 is 0 Å². The van der Waals surface area contributed by atoms with Crippen LogP contribution >= 0.6 is 0 Å². The Bertz CT molecular complexity index is 919. The number of carbonyl (C=O) groups excluding carboxylic acids is 2. The number of nitrogens with zero attached hydrogens (tertiary/aromatic N) is 3. The van der Waals surface area contributed by atoms with Gasteiger partial charge in [-0.3, -0.25) is 15.0 Å². The second-order valence-corrected chi connectivity index (χ2v) is 7.35. The Balaban J connectivity index is 1.34. The van der Waals surface area contributed by atoms with Gasteiger partial charge in [-0.2, -0.15) is 0 Å². The minimum absolute atomic E-state index is 0.0255. The van der Waals surface area contributed by atoms with Gasteiger partial charge in [-0.1, -0.05) is 18.2 Å². The van der Waals surface area contributed by atoms with Crippen LogP contribution in [0.4, 0.5) is 5.69 Å². The highest BCUT2D eigenvalue weighted by Gasteiger charge is 2.27. The maximum absolute atomic E-state index is 12.8. The van der Waals surface area contributed by atoms with Crippen molar-refractivity contribution >= 4 is 23.2 Å². The number of carbonyl (C=O) groups is 2. The summed E-state index contributed by atoms with van der Waals surface area (Å²) in [6.45, 7) is 2.90. The molecule has 0 atom stereocenters. The van der Waals surface area contributed by atoms with Crippen LogP contribution in [0.3, 0.4) is 0 Å². The predicted molar refractivity (Wildman–Crippen MR) is 116 cm³/mol. The largest absolute Gasteiger partial charge is 0.497 e. The molecule has 4 rings (SSSR count). The fourth-order valence-corrected chi connectivity index (χ4v) is 3.72. The van der Waals surface area contributed by atoms with E-state index in [0.717, 1.165) is 30.1 Å². The van der Waals surface area contributed by atoms with Crippen LogP contribution in [0.1, 0.15) is 12.0 Å². The molecule has 2 aliphatic heterocycles. The zero-order valence-corrected chi connectivity index (χ0v) is 17.1. The van der Waals surface area contributed by atoms with Crippen molar-refractivity contribution in [1.82, 2.24) is 15.3 Å². The summed E-state index contributed by atoms with van der Waals surface area (Å²) >= 11 is 0. The van der Waals surface area contributed by atoms with Crippen LogP contribution in [0.2, 0.25) is 0 Å². The molecule has 2 aromatic carbocycles. The lowest BCUT2D eigenvalue weighted by Crippen LogP contribution is -2.54. The molecule has 1 saturated heterocycles. The highest BCUT2D eigenvalue weighted by Crippen LogP contribution is 2.21. The number of methoxy groups -OCH3 is 1. The summed E-state index contributed by atoms with van der Waals surface area (Å²) in [6, 6.07) is 17.8. The number of ether oxygens (including phenoxy) is 1. The number of hydrogen-bond acceptors (Lipinski definition) is 5. The van der Waals surface area contributed by atoms with Gasteiger partial charge in [0.2, 0.25) is 11.8 Å². The molecule has 2 heterocycles. The van der Waals surface area contributed by atoms with Crippen LogP contribution in [0.25, 0.3) is 5.70 Å². The van der Waals surface area contributed by atoms with Crippen molar-refractivity contribution in [2.45, 2.75) is 6.42 Å². The van der Waals surface area contributed by atoms with Crippen molar-refractivity contribution in [3.05, 3.63) is 66.2 Å². The summed E-state index contributed by atoms with van der Waals surface area (Å²) in [5.41, 5.74) is 6.04. The molecule has 0 saturated carbocycles. The van der Waals surface area contributed by atoms with E-state index >= 15 is 0 Å². The van der Waals surface area contributed by atoms with Crippen molar-refractivity contribution in [2.75, 3.05) is 44.7 Å². The van der Waals surface area contributed by atoms with E-state index in [1.54, 1.807) is 7.11 Å². The molecule has 0 spiro atoms. The second kappa shape index (κ2) is 8.90. The van der Waals surface area contributed by atoms with Crippen molar-refractivity contribution in [2.24, 2.45) is 0 Å². The molecule has 1 fully saturated rings. The Labute approximate surface area is 176 Å².